The molecular formula is C12H12BrN3O2S. The number of aromatic nitrogens is 3. The molecule has 0 bridgehead atoms. The molecule has 5 nitrogen and oxygen atoms in total. The Morgan fingerprint density at radius 2 is 2.16 bits per heavy atom. The monoisotopic (exact) mass is 341 g/mol. The van der Waals surface area contributed by atoms with Crippen LogP contribution in [0.4, 0.5) is 0 Å². The Bertz CT molecular complexity index is 627. The first-order valence-electron chi connectivity index (χ1n) is 5.52. The molecule has 19 heavy (non-hydrogen) atoms. The molecule has 0 spiro atoms. The zero-order valence-electron chi connectivity index (χ0n) is 10.4. The van der Waals surface area contributed by atoms with Crippen LogP contribution in [0.5, 0.6) is 0 Å². The van der Waals surface area contributed by atoms with Crippen molar-refractivity contribution >= 4 is 33.7 Å². The van der Waals surface area contributed by atoms with Crippen molar-refractivity contribution < 1.29 is 9.90 Å². The van der Waals surface area contributed by atoms with Crippen molar-refractivity contribution in [2.24, 2.45) is 0 Å². The van der Waals surface area contributed by atoms with Gasteiger partial charge in [-0.05, 0) is 31.5 Å². The number of carboxylic acid groups (broad SMARTS) is 1. The summed E-state index contributed by atoms with van der Waals surface area (Å²) in [7, 11) is 0. The predicted octanol–water partition coefficient (Wildman–Crippen LogP) is 2.82. The van der Waals surface area contributed by atoms with Crippen molar-refractivity contribution in [3.8, 4) is 5.69 Å². The van der Waals surface area contributed by atoms with Gasteiger partial charge in [-0.15, -0.1) is 10.2 Å². The molecule has 7 heteroatoms. The number of rotatable bonds is 4. The number of carboxylic acids is 1. The second-order valence-electron chi connectivity index (χ2n) is 3.98. The Balaban J connectivity index is 2.46. The number of hydrogen-bond acceptors (Lipinski definition) is 4. The average Bonchev–Trinajstić information content (AvgIpc) is 2.71. The van der Waals surface area contributed by atoms with E-state index in [1.807, 2.05) is 36.6 Å². The van der Waals surface area contributed by atoms with E-state index in [0.717, 1.165) is 33.3 Å². The molecule has 0 aliphatic carbocycles. The van der Waals surface area contributed by atoms with Gasteiger partial charge in [0.2, 0.25) is 0 Å². The first-order valence-corrected chi connectivity index (χ1v) is 7.30. The van der Waals surface area contributed by atoms with Gasteiger partial charge in [0.15, 0.2) is 5.16 Å². The molecule has 0 saturated carbocycles. The largest absolute Gasteiger partial charge is 0.481 e. The van der Waals surface area contributed by atoms with Crippen molar-refractivity contribution in [2.75, 3.05) is 5.75 Å². The molecule has 2 rings (SSSR count). The molecule has 0 fully saturated rings. The lowest BCUT2D eigenvalue weighted by Crippen LogP contribution is -2.04. The summed E-state index contributed by atoms with van der Waals surface area (Å²) >= 11 is 4.60. The van der Waals surface area contributed by atoms with Gasteiger partial charge in [-0.2, -0.15) is 0 Å². The quantitative estimate of drug-likeness (QED) is 0.866. The number of aryl methyl sites for hydroxylation is 2. The summed E-state index contributed by atoms with van der Waals surface area (Å²) in [6.45, 7) is 3.84. The second-order valence-corrected chi connectivity index (χ2v) is 5.84. The van der Waals surface area contributed by atoms with E-state index in [1.54, 1.807) is 0 Å². The molecule has 0 radical (unpaired) electrons. The minimum atomic E-state index is -0.872. The van der Waals surface area contributed by atoms with Gasteiger partial charge < -0.3 is 5.11 Å². The minimum Gasteiger partial charge on any atom is -0.481 e. The zero-order chi connectivity index (χ0) is 14.0. The predicted molar refractivity (Wildman–Crippen MR) is 76.9 cm³/mol. The topological polar surface area (TPSA) is 68.0 Å². The maximum absolute atomic E-state index is 10.7. The van der Waals surface area contributed by atoms with Crippen LogP contribution in [-0.2, 0) is 4.79 Å². The number of aliphatic carboxylic acids is 1. The van der Waals surface area contributed by atoms with E-state index >= 15 is 0 Å². The Kier molecular flexibility index (Phi) is 4.26. The van der Waals surface area contributed by atoms with E-state index in [2.05, 4.69) is 26.1 Å². The normalized spacial score (nSPS) is 10.7. The van der Waals surface area contributed by atoms with Gasteiger partial charge in [0.25, 0.3) is 0 Å². The van der Waals surface area contributed by atoms with Crippen molar-refractivity contribution in [3.63, 3.8) is 0 Å². The van der Waals surface area contributed by atoms with Gasteiger partial charge in [0.05, 0.1) is 11.4 Å². The molecule has 100 valence electrons. The van der Waals surface area contributed by atoms with Crippen LogP contribution in [0.1, 0.15) is 11.4 Å². The number of nitrogens with zero attached hydrogens (tertiary/aromatic N) is 3. The van der Waals surface area contributed by atoms with Crippen molar-refractivity contribution in [1.82, 2.24) is 14.8 Å². The van der Waals surface area contributed by atoms with E-state index in [-0.39, 0.29) is 5.75 Å². The number of carbonyl (C=O) groups is 1. The third kappa shape index (κ3) is 3.16. The molecular weight excluding hydrogens is 330 g/mol. The summed E-state index contributed by atoms with van der Waals surface area (Å²) in [6.07, 6.45) is 0. The fourth-order valence-corrected chi connectivity index (χ4v) is 2.72. The fraction of sp³-hybridized carbons (Fsp3) is 0.250. The van der Waals surface area contributed by atoms with E-state index in [4.69, 9.17) is 5.11 Å². The van der Waals surface area contributed by atoms with Gasteiger partial charge in [0.1, 0.15) is 5.82 Å². The summed E-state index contributed by atoms with van der Waals surface area (Å²) in [5.41, 5.74) is 2.02. The van der Waals surface area contributed by atoms with Crippen LogP contribution in [0.25, 0.3) is 5.69 Å². The molecule has 1 N–H and O–H groups in total. The number of halogens is 1. The number of hydrogen-bond donors (Lipinski definition) is 1. The highest BCUT2D eigenvalue weighted by Gasteiger charge is 2.14. The first-order chi connectivity index (χ1) is 8.99. The van der Waals surface area contributed by atoms with Crippen LogP contribution in [-0.4, -0.2) is 31.6 Å². The van der Waals surface area contributed by atoms with Gasteiger partial charge in [0, 0.05) is 4.47 Å². The van der Waals surface area contributed by atoms with E-state index < -0.39 is 5.97 Å². The molecule has 2 aromatic rings. The van der Waals surface area contributed by atoms with Crippen LogP contribution < -0.4 is 0 Å². The summed E-state index contributed by atoms with van der Waals surface area (Å²) in [6, 6.07) is 5.92. The molecule has 1 aromatic carbocycles. The number of benzene rings is 1. The van der Waals surface area contributed by atoms with Crippen LogP contribution >= 0.6 is 27.7 Å². The minimum absolute atomic E-state index is 0.0365. The van der Waals surface area contributed by atoms with Gasteiger partial charge >= 0.3 is 5.97 Å². The number of thioether (sulfide) groups is 1. The molecule has 0 atom stereocenters. The first kappa shape index (κ1) is 14.1. The Labute approximate surface area is 123 Å². The lowest BCUT2D eigenvalue weighted by Gasteiger charge is -2.11. The molecule has 0 amide bonds. The average molecular weight is 342 g/mol. The van der Waals surface area contributed by atoms with E-state index in [0.29, 0.717) is 5.16 Å². The standard InChI is InChI=1S/C12H12BrN3O2S/c1-7-3-4-9(13)5-10(7)16-8(2)14-15-12(16)19-6-11(17)18/h3-5H,6H2,1-2H3,(H,17,18). The van der Waals surface area contributed by atoms with E-state index in [9.17, 15) is 4.79 Å². The summed E-state index contributed by atoms with van der Waals surface area (Å²) in [5.74, 6) is -0.178. The third-order valence-electron chi connectivity index (χ3n) is 2.53. The molecule has 0 saturated heterocycles. The maximum Gasteiger partial charge on any atom is 0.313 e. The fourth-order valence-electron chi connectivity index (χ4n) is 1.66. The molecule has 0 unspecified atom stereocenters. The van der Waals surface area contributed by atoms with Gasteiger partial charge in [-0.3, -0.25) is 9.36 Å². The van der Waals surface area contributed by atoms with E-state index in [1.165, 1.54) is 0 Å². The Morgan fingerprint density at radius 3 is 2.84 bits per heavy atom. The Hall–Kier alpha value is -1.34. The molecule has 0 aliphatic rings. The van der Waals surface area contributed by atoms with Crippen molar-refractivity contribution in [1.29, 1.82) is 0 Å². The van der Waals surface area contributed by atoms with Crippen LogP contribution in [0.3, 0.4) is 0 Å². The smallest absolute Gasteiger partial charge is 0.313 e. The van der Waals surface area contributed by atoms with Crippen molar-refractivity contribution in [3.05, 3.63) is 34.1 Å². The summed E-state index contributed by atoms with van der Waals surface area (Å²) in [4.78, 5) is 10.7. The lowest BCUT2D eigenvalue weighted by atomic mass is 10.2. The SMILES string of the molecule is Cc1ccc(Br)cc1-n1c(C)nnc1SCC(=O)O. The highest BCUT2D eigenvalue weighted by Crippen LogP contribution is 2.26. The highest BCUT2D eigenvalue weighted by molar-refractivity contribution is 9.10. The van der Waals surface area contributed by atoms with Crippen LogP contribution in [0, 0.1) is 13.8 Å². The van der Waals surface area contributed by atoms with Gasteiger partial charge in [-0.1, -0.05) is 33.8 Å². The van der Waals surface area contributed by atoms with Crippen LogP contribution in [0.15, 0.2) is 27.8 Å². The maximum atomic E-state index is 10.7. The third-order valence-corrected chi connectivity index (χ3v) is 3.94. The van der Waals surface area contributed by atoms with Crippen LogP contribution in [0.2, 0.25) is 0 Å². The molecule has 1 heterocycles. The zero-order valence-corrected chi connectivity index (χ0v) is 12.8. The van der Waals surface area contributed by atoms with Crippen molar-refractivity contribution in [2.45, 2.75) is 19.0 Å². The molecule has 0 aliphatic heterocycles. The Morgan fingerprint density at radius 1 is 1.42 bits per heavy atom. The summed E-state index contributed by atoms with van der Waals surface area (Å²) in [5, 5.41) is 17.4. The summed E-state index contributed by atoms with van der Waals surface area (Å²) < 4.78 is 2.82. The highest BCUT2D eigenvalue weighted by atomic mass is 79.9. The second kappa shape index (κ2) is 5.75. The van der Waals surface area contributed by atoms with Gasteiger partial charge in [-0.25, -0.2) is 0 Å². The molecule has 1 aromatic heterocycles. The lowest BCUT2D eigenvalue weighted by molar-refractivity contribution is -0.133.